The maximum atomic E-state index is 12.1. The average Bonchev–Trinajstić information content (AvgIpc) is 3.79. The van der Waals surface area contributed by atoms with Crippen LogP contribution in [0.15, 0.2) is 137 Å². The van der Waals surface area contributed by atoms with Crippen LogP contribution < -0.4 is 10.2 Å². The molecule has 0 amide bonds. The van der Waals surface area contributed by atoms with Crippen LogP contribution in [0.3, 0.4) is 0 Å². The zero-order valence-electron chi connectivity index (χ0n) is 22.7. The van der Waals surface area contributed by atoms with E-state index in [-0.39, 0.29) is 22.3 Å². The molecule has 0 unspecified atom stereocenters. The molecule has 0 fully saturated rings. The zero-order chi connectivity index (χ0) is 28.4. The van der Waals surface area contributed by atoms with Crippen molar-refractivity contribution in [3.8, 4) is 0 Å². The number of hydrogen-bond acceptors (Lipinski definition) is 9. The van der Waals surface area contributed by atoms with Crippen molar-refractivity contribution >= 4 is 23.2 Å². The molecule has 3 heterocycles. The van der Waals surface area contributed by atoms with Gasteiger partial charge in [0, 0.05) is 36.6 Å². The van der Waals surface area contributed by atoms with Crippen LogP contribution in [-0.2, 0) is 16.8 Å². The Balaban J connectivity index is 0.000000617. The molecule has 5 aromatic rings. The van der Waals surface area contributed by atoms with Crippen LogP contribution >= 0.6 is 0 Å². The van der Waals surface area contributed by atoms with Gasteiger partial charge in [-0.2, -0.15) is 20.4 Å². The molecule has 1 radical (unpaired) electrons. The second-order valence-electron chi connectivity index (χ2n) is 7.84. The number of rotatable bonds is 6. The maximum Gasteiger partial charge on any atom is 2.00 e. The van der Waals surface area contributed by atoms with Crippen LogP contribution in [0.25, 0.3) is 0 Å². The molecule has 3 aromatic heterocycles. The molecule has 0 aliphatic rings. The molecule has 0 bridgehead atoms. The van der Waals surface area contributed by atoms with Crippen LogP contribution in [0, 0.1) is 0 Å². The van der Waals surface area contributed by atoms with E-state index >= 15 is 0 Å². The quantitative estimate of drug-likeness (QED) is 0.168. The van der Waals surface area contributed by atoms with Crippen molar-refractivity contribution in [1.82, 2.24) is 24.9 Å². The van der Waals surface area contributed by atoms with E-state index in [1.165, 1.54) is 0 Å². The molecule has 0 aliphatic carbocycles. The van der Waals surface area contributed by atoms with Gasteiger partial charge in [0.05, 0.1) is 35.5 Å². The van der Waals surface area contributed by atoms with E-state index in [0.29, 0.717) is 33.9 Å². The minimum atomic E-state index is -0.429. The first-order chi connectivity index (χ1) is 19.5. The van der Waals surface area contributed by atoms with Gasteiger partial charge in [-0.25, -0.2) is 15.0 Å². The number of imidazole rings is 2. The minimum absolute atomic E-state index is 0. The van der Waals surface area contributed by atoms with Crippen molar-refractivity contribution < 1.29 is 32.5 Å². The molecule has 4 N–H and O–H groups in total. The first kappa shape index (κ1) is 34.8. The molecule has 12 nitrogen and oxygen atoms in total. The first-order valence-electron chi connectivity index (χ1n) is 12.1. The molecule has 42 heavy (non-hydrogen) atoms. The molecule has 5 rings (SSSR count). The molecule has 13 heteroatoms. The summed E-state index contributed by atoms with van der Waals surface area (Å²) in [4.78, 5) is 17.3. The predicted octanol–water partition coefficient (Wildman–Crippen LogP) is 2.14. The van der Waals surface area contributed by atoms with Crippen molar-refractivity contribution in [3.05, 3.63) is 139 Å². The first-order valence-corrected chi connectivity index (χ1v) is 12.1. The summed E-state index contributed by atoms with van der Waals surface area (Å²) in [7, 11) is 0. The molecule has 217 valence electrons. The Morgan fingerprint density at radius 3 is 1.31 bits per heavy atom. The third-order valence-electron chi connectivity index (χ3n) is 4.93. The Bertz CT molecular complexity index is 1380. The summed E-state index contributed by atoms with van der Waals surface area (Å²) in [6.07, 6.45) is 10.2. The van der Waals surface area contributed by atoms with Gasteiger partial charge >= 0.3 is 16.8 Å². The Morgan fingerprint density at radius 1 is 0.595 bits per heavy atom. The topological polar surface area (TPSA) is 197 Å². The number of hydrogen-bond donors (Lipinski definition) is 2. The second kappa shape index (κ2) is 19.8. The van der Waals surface area contributed by atoms with Crippen LogP contribution in [0.4, 0.5) is 0 Å². The number of pyridine rings is 1. The molecule has 0 saturated carbocycles. The van der Waals surface area contributed by atoms with Gasteiger partial charge in [0.15, 0.2) is 0 Å². The molecule has 2 aromatic carbocycles. The van der Waals surface area contributed by atoms with Crippen LogP contribution in [0.1, 0.15) is 36.4 Å². The Hall–Kier alpha value is -5.24. The molecule has 0 saturated heterocycles. The third-order valence-corrected chi connectivity index (χ3v) is 4.93. The summed E-state index contributed by atoms with van der Waals surface area (Å²) in [5, 5.41) is 39.6. The Labute approximate surface area is 253 Å². The standard InChI is InChI=1S/C23H21N5O2.2C3H4N2.Co.H2O/c1-16(25-27-22(29)18-10-5-3-6-11-18)20-14-9-15-21(24-20)17(2)26-28-23(30)19-12-7-4-8-13-19;2*1-2-5-3-4-1;;/h3-15H,1-2H3,(H,27,29)(H,28,30);2*1-3H,(H,4,5);;1H2/q;;;+2;/p-2/b25-16+,26-17+;;;;. The van der Waals surface area contributed by atoms with Gasteiger partial charge < -0.3 is 25.7 Å². The number of aromatic amines is 2. The largest absolute Gasteiger partial charge is 2.00 e. The molecule has 0 spiro atoms. The van der Waals surface area contributed by atoms with Crippen molar-refractivity contribution in [1.29, 1.82) is 0 Å². The fourth-order valence-corrected chi connectivity index (χ4v) is 2.89. The fraction of sp³-hybridized carbons (Fsp3) is 0.0690. The monoisotopic (exact) mass is 610 g/mol. The van der Waals surface area contributed by atoms with E-state index < -0.39 is 11.8 Å². The molecular formula is C29H29CoN9O3. The van der Waals surface area contributed by atoms with E-state index in [9.17, 15) is 10.2 Å². The van der Waals surface area contributed by atoms with Gasteiger partial charge in [0.25, 0.3) is 0 Å². The van der Waals surface area contributed by atoms with Crippen molar-refractivity contribution in [3.63, 3.8) is 0 Å². The van der Waals surface area contributed by atoms with E-state index in [0.717, 1.165) is 0 Å². The van der Waals surface area contributed by atoms with E-state index in [1.54, 1.807) is 118 Å². The predicted molar refractivity (Wildman–Crippen MR) is 155 cm³/mol. The van der Waals surface area contributed by atoms with E-state index in [4.69, 9.17) is 0 Å². The van der Waals surface area contributed by atoms with Gasteiger partial charge in [0.2, 0.25) is 0 Å². The fourth-order valence-electron chi connectivity index (χ4n) is 2.89. The van der Waals surface area contributed by atoms with Gasteiger partial charge in [-0.1, -0.05) is 66.7 Å². The summed E-state index contributed by atoms with van der Waals surface area (Å²) in [5.41, 5.74) is 2.96. The Morgan fingerprint density at radius 2 is 1.00 bits per heavy atom. The second-order valence-corrected chi connectivity index (χ2v) is 7.84. The molecular weight excluding hydrogens is 581 g/mol. The minimum Gasteiger partial charge on any atom is -0.857 e. The molecule has 0 aliphatic heterocycles. The van der Waals surface area contributed by atoms with Crippen molar-refractivity contribution in [2.75, 3.05) is 0 Å². The summed E-state index contributed by atoms with van der Waals surface area (Å²) in [6, 6.07) is 22.7. The summed E-state index contributed by atoms with van der Waals surface area (Å²) in [6.45, 7) is 3.42. The number of aromatic nitrogens is 5. The van der Waals surface area contributed by atoms with Gasteiger partial charge in [-0.3, -0.25) is 0 Å². The smallest absolute Gasteiger partial charge is 0.857 e. The van der Waals surface area contributed by atoms with Crippen molar-refractivity contribution in [2.24, 2.45) is 20.4 Å². The summed E-state index contributed by atoms with van der Waals surface area (Å²) >= 11 is 0. The van der Waals surface area contributed by atoms with E-state index in [2.05, 4.69) is 45.3 Å². The SMILES string of the molecule is C/C(=N\N=C(/[O-])c1ccccc1)c1cccc(/C(C)=N/N=C(\[O-])c2ccccc2)n1.O.[Co+2].c1c[nH]cn1.c1c[nH]cn1. The van der Waals surface area contributed by atoms with Crippen molar-refractivity contribution in [2.45, 2.75) is 13.8 Å². The number of H-pyrrole nitrogens is 2. The van der Waals surface area contributed by atoms with Crippen LogP contribution in [0.2, 0.25) is 0 Å². The number of nitrogens with zero attached hydrogens (tertiary/aromatic N) is 7. The Kier molecular flexibility index (Phi) is 16.4. The maximum absolute atomic E-state index is 12.1. The zero-order valence-corrected chi connectivity index (χ0v) is 23.8. The summed E-state index contributed by atoms with van der Waals surface area (Å²) in [5.74, 6) is -0.857. The van der Waals surface area contributed by atoms with E-state index in [1.807, 2.05) is 12.1 Å². The number of nitrogens with one attached hydrogen (secondary N) is 2. The normalized spacial score (nSPS) is 11.5. The molecule has 0 atom stereocenters. The third kappa shape index (κ3) is 12.3. The number of benzene rings is 2. The van der Waals surface area contributed by atoms with Gasteiger partial charge in [-0.05, 0) is 37.1 Å². The average molecular weight is 611 g/mol. The van der Waals surface area contributed by atoms with Gasteiger partial charge in [0.1, 0.15) is 0 Å². The van der Waals surface area contributed by atoms with Crippen LogP contribution in [-0.4, -0.2) is 53.6 Å². The summed E-state index contributed by atoms with van der Waals surface area (Å²) < 4.78 is 0. The van der Waals surface area contributed by atoms with Gasteiger partial charge in [-0.15, -0.1) is 0 Å². The van der Waals surface area contributed by atoms with Crippen LogP contribution in [0.5, 0.6) is 0 Å².